The third kappa shape index (κ3) is 77.5. The fourth-order valence-corrected chi connectivity index (χ4v) is 13.4. The van der Waals surface area contributed by atoms with Crippen molar-refractivity contribution in [3.05, 3.63) is 24.3 Å². The Labute approximate surface area is 574 Å². The summed E-state index contributed by atoms with van der Waals surface area (Å²) in [4.78, 5) is 36.0. The molecule has 2 unspecified atom stereocenters. The van der Waals surface area contributed by atoms with Crippen molar-refractivity contribution in [2.45, 2.75) is 444 Å². The number of phosphoric ester groups is 1. The lowest BCUT2D eigenvalue weighted by molar-refractivity contribution is -0.870. The van der Waals surface area contributed by atoms with Crippen LogP contribution in [0.3, 0.4) is 0 Å². The molecule has 0 saturated heterocycles. The van der Waals surface area contributed by atoms with Gasteiger partial charge in [0.05, 0.1) is 27.7 Å². The first-order valence-corrected chi connectivity index (χ1v) is 42.6. The van der Waals surface area contributed by atoms with Crippen LogP contribution in [0.1, 0.15) is 438 Å². The topological polar surface area (TPSA) is 108 Å². The molecule has 0 aromatic rings. The molecule has 546 valence electrons. The van der Waals surface area contributed by atoms with Gasteiger partial charge in [0.1, 0.15) is 19.8 Å². The number of nitrogens with zero attached hydrogens (tertiary/aromatic N) is 1. The third-order valence-electron chi connectivity index (χ3n) is 19.0. The normalized spacial score (nSPS) is 13.1. The Morgan fingerprint density at radius 3 is 0.859 bits per heavy atom. The van der Waals surface area contributed by atoms with E-state index in [1.54, 1.807) is 0 Å². The van der Waals surface area contributed by atoms with E-state index in [1.165, 1.54) is 366 Å². The van der Waals surface area contributed by atoms with Crippen LogP contribution in [-0.4, -0.2) is 74.9 Å². The summed E-state index contributed by atoms with van der Waals surface area (Å²) in [5, 5.41) is 0. The van der Waals surface area contributed by atoms with Gasteiger partial charge in [-0.2, -0.15) is 0 Å². The average molecular weight is 1320 g/mol. The summed E-state index contributed by atoms with van der Waals surface area (Å²) in [6, 6.07) is 0. The van der Waals surface area contributed by atoms with Crippen molar-refractivity contribution in [1.82, 2.24) is 0 Å². The number of carbonyl (C=O) groups is 2. The number of rotatable bonds is 78. The Balaban J connectivity index is 3.89. The van der Waals surface area contributed by atoms with Crippen LogP contribution in [-0.2, 0) is 32.7 Å². The standard InChI is InChI=1S/C82H160NO8P/c1-6-8-10-12-14-16-18-20-22-24-26-28-30-32-34-36-38-40-41-43-45-47-49-51-53-55-57-59-61-63-65-67-69-71-73-75-82(85)91-80(79-90-92(86,87)89-77-76-83(3,4)5)78-88-81(84)74-72-70-68-66-64-62-60-58-56-54-52-50-48-46-44-42-39-37-35-33-31-29-27-25-23-21-19-17-15-13-11-9-7-2/h18,20,24,26,80H,6-17,19,21-23,25,27-79H2,1-5H3/p+1/b20-18-,26-24-. The summed E-state index contributed by atoms with van der Waals surface area (Å²) in [7, 11) is 1.51. The molecule has 1 N–H and O–H groups in total. The van der Waals surface area contributed by atoms with Crippen LogP contribution in [0, 0.1) is 0 Å². The molecule has 0 heterocycles. The first kappa shape index (κ1) is 90.5. The molecule has 0 aromatic heterocycles. The predicted molar refractivity (Wildman–Crippen MR) is 400 cm³/mol. The van der Waals surface area contributed by atoms with E-state index in [-0.39, 0.29) is 25.6 Å². The SMILES string of the molecule is CCCCCCC/C=C\C/C=C\CCCCCCCCCCCCCCCCCCCCCCCCCC(=O)OC(COC(=O)CCCCCCCCCCCCCCCCCCCCCCCCCCCCCCCCCCC)COP(=O)(O)OCC[N+](C)(C)C. The lowest BCUT2D eigenvalue weighted by atomic mass is 10.0. The molecule has 10 heteroatoms. The highest BCUT2D eigenvalue weighted by Gasteiger charge is 2.27. The van der Waals surface area contributed by atoms with E-state index in [0.717, 1.165) is 44.9 Å². The summed E-state index contributed by atoms with van der Waals surface area (Å²) in [6.45, 7) is 4.52. The van der Waals surface area contributed by atoms with Gasteiger partial charge in [-0.3, -0.25) is 18.6 Å². The van der Waals surface area contributed by atoms with Crippen molar-refractivity contribution in [3.8, 4) is 0 Å². The molecule has 0 aliphatic rings. The Hall–Kier alpha value is -1.51. The molecule has 0 rings (SSSR count). The van der Waals surface area contributed by atoms with Crippen LogP contribution in [0.25, 0.3) is 0 Å². The van der Waals surface area contributed by atoms with Gasteiger partial charge >= 0.3 is 19.8 Å². The van der Waals surface area contributed by atoms with Crippen LogP contribution < -0.4 is 0 Å². The number of unbranched alkanes of at least 4 members (excludes halogenated alkanes) is 60. The number of phosphoric acid groups is 1. The summed E-state index contributed by atoms with van der Waals surface area (Å²) < 4.78 is 34.9. The summed E-state index contributed by atoms with van der Waals surface area (Å²) in [5.41, 5.74) is 0. The molecular formula is C82H161NO8P+. The molecule has 2 atom stereocenters. The number of allylic oxidation sites excluding steroid dienone is 4. The molecule has 0 bridgehead atoms. The Morgan fingerprint density at radius 2 is 0.587 bits per heavy atom. The lowest BCUT2D eigenvalue weighted by Gasteiger charge is -2.24. The maximum Gasteiger partial charge on any atom is 0.472 e. The quantitative estimate of drug-likeness (QED) is 0.0211. The van der Waals surface area contributed by atoms with Gasteiger partial charge in [0.25, 0.3) is 0 Å². The molecule has 0 aromatic carbocycles. The number of esters is 2. The monoisotopic (exact) mass is 1320 g/mol. The van der Waals surface area contributed by atoms with Crippen LogP contribution in [0.2, 0.25) is 0 Å². The molecule has 0 fully saturated rings. The van der Waals surface area contributed by atoms with E-state index in [2.05, 4.69) is 38.2 Å². The molecule has 0 saturated carbocycles. The highest BCUT2D eigenvalue weighted by Crippen LogP contribution is 2.43. The number of quaternary nitrogens is 1. The molecule has 0 aliphatic carbocycles. The summed E-state index contributed by atoms with van der Waals surface area (Å²) in [5.74, 6) is -0.767. The Kier molecular flexibility index (Phi) is 72.5. The number of likely N-dealkylation sites (N-methyl/N-ethyl adjacent to an activating group) is 1. The third-order valence-corrected chi connectivity index (χ3v) is 20.0. The first-order chi connectivity index (χ1) is 45.0. The maximum atomic E-state index is 12.9. The minimum atomic E-state index is -4.39. The molecule has 9 nitrogen and oxygen atoms in total. The largest absolute Gasteiger partial charge is 0.472 e. The van der Waals surface area contributed by atoms with E-state index < -0.39 is 26.5 Å². The maximum absolute atomic E-state index is 12.9. The van der Waals surface area contributed by atoms with Crippen LogP contribution >= 0.6 is 7.82 Å². The summed E-state index contributed by atoms with van der Waals surface area (Å²) in [6.07, 6.45) is 94.9. The van der Waals surface area contributed by atoms with Crippen molar-refractivity contribution in [1.29, 1.82) is 0 Å². The molecule has 92 heavy (non-hydrogen) atoms. The van der Waals surface area contributed by atoms with E-state index >= 15 is 0 Å². The van der Waals surface area contributed by atoms with Gasteiger partial charge in [0.2, 0.25) is 0 Å². The second-order valence-electron chi connectivity index (χ2n) is 29.5. The zero-order valence-electron chi connectivity index (χ0n) is 62.6. The van der Waals surface area contributed by atoms with E-state index in [0.29, 0.717) is 17.4 Å². The van der Waals surface area contributed by atoms with Crippen LogP contribution in [0.5, 0.6) is 0 Å². The van der Waals surface area contributed by atoms with Crippen molar-refractivity contribution in [2.24, 2.45) is 0 Å². The minimum Gasteiger partial charge on any atom is -0.462 e. The minimum absolute atomic E-state index is 0.0364. The number of ether oxygens (including phenoxy) is 2. The van der Waals surface area contributed by atoms with E-state index in [4.69, 9.17) is 18.5 Å². The second kappa shape index (κ2) is 73.7. The Morgan fingerprint density at radius 1 is 0.337 bits per heavy atom. The van der Waals surface area contributed by atoms with Crippen molar-refractivity contribution in [3.63, 3.8) is 0 Å². The highest BCUT2D eigenvalue weighted by atomic mass is 31.2. The van der Waals surface area contributed by atoms with Gasteiger partial charge < -0.3 is 18.9 Å². The lowest BCUT2D eigenvalue weighted by Crippen LogP contribution is -2.37. The second-order valence-corrected chi connectivity index (χ2v) is 31.0. The first-order valence-electron chi connectivity index (χ1n) is 41.1. The van der Waals surface area contributed by atoms with Crippen LogP contribution in [0.4, 0.5) is 0 Å². The smallest absolute Gasteiger partial charge is 0.462 e. The number of hydrogen-bond donors (Lipinski definition) is 1. The van der Waals surface area contributed by atoms with Gasteiger partial charge in [-0.25, -0.2) is 4.57 Å². The van der Waals surface area contributed by atoms with Gasteiger partial charge in [0, 0.05) is 12.8 Å². The fourth-order valence-electron chi connectivity index (χ4n) is 12.7. The van der Waals surface area contributed by atoms with E-state index in [9.17, 15) is 19.0 Å². The van der Waals surface area contributed by atoms with Gasteiger partial charge in [-0.05, 0) is 44.9 Å². The predicted octanol–water partition coefficient (Wildman–Crippen LogP) is 27.2. The van der Waals surface area contributed by atoms with Gasteiger partial charge in [-0.1, -0.05) is 404 Å². The molecule has 0 radical (unpaired) electrons. The van der Waals surface area contributed by atoms with Crippen molar-refractivity contribution >= 4 is 19.8 Å². The van der Waals surface area contributed by atoms with E-state index in [1.807, 2.05) is 21.1 Å². The van der Waals surface area contributed by atoms with Crippen molar-refractivity contribution in [2.75, 3.05) is 47.5 Å². The zero-order valence-corrected chi connectivity index (χ0v) is 63.5. The number of hydrogen-bond acceptors (Lipinski definition) is 7. The average Bonchev–Trinajstić information content (AvgIpc) is 2.14. The zero-order chi connectivity index (χ0) is 66.9. The number of carbonyl (C=O) groups excluding carboxylic acids is 2. The molecule has 0 spiro atoms. The fraction of sp³-hybridized carbons (Fsp3) is 0.927. The highest BCUT2D eigenvalue weighted by molar-refractivity contribution is 7.47. The van der Waals surface area contributed by atoms with Gasteiger partial charge in [-0.15, -0.1) is 0 Å². The molecule has 0 amide bonds. The van der Waals surface area contributed by atoms with Gasteiger partial charge in [0.15, 0.2) is 6.10 Å². The van der Waals surface area contributed by atoms with Crippen molar-refractivity contribution < 1.29 is 42.1 Å². The van der Waals surface area contributed by atoms with Crippen LogP contribution in [0.15, 0.2) is 24.3 Å². The summed E-state index contributed by atoms with van der Waals surface area (Å²) >= 11 is 0. The molecular weight excluding hydrogens is 1160 g/mol. The Bertz CT molecular complexity index is 1600. The molecule has 0 aliphatic heterocycles.